The Morgan fingerprint density at radius 2 is 1.84 bits per heavy atom. The molecular formula is C39H57NO4. The quantitative estimate of drug-likeness (QED) is 0.249. The molecule has 4 fully saturated rings. The number of hydrogen-bond donors (Lipinski definition) is 1. The number of fused-ring (bicyclic) bond motifs is 6. The van der Waals surface area contributed by atoms with Crippen molar-refractivity contribution in [3.63, 3.8) is 0 Å². The lowest BCUT2D eigenvalue weighted by Crippen LogP contribution is -2.52. The van der Waals surface area contributed by atoms with Crippen LogP contribution in [0.5, 0.6) is 0 Å². The van der Waals surface area contributed by atoms with Gasteiger partial charge in [0.15, 0.2) is 0 Å². The Kier molecular flexibility index (Phi) is 8.91. The maximum Gasteiger partial charge on any atom is 0.0765 e. The largest absolute Gasteiger partial charge is 0.389 e. The molecule has 1 aromatic rings. The molecular weight excluding hydrogens is 546 g/mol. The molecule has 1 spiro atoms. The maximum absolute atomic E-state index is 10.4. The van der Waals surface area contributed by atoms with E-state index >= 15 is 0 Å². The molecule has 5 heteroatoms. The van der Waals surface area contributed by atoms with Gasteiger partial charge in [0.2, 0.25) is 0 Å². The first-order chi connectivity index (χ1) is 21.3. The number of nitrogens with zero attached hydrogens (tertiary/aromatic N) is 1. The summed E-state index contributed by atoms with van der Waals surface area (Å²) in [6, 6.07) is 10.9. The summed E-state index contributed by atoms with van der Waals surface area (Å²) in [5.74, 6) is 3.46. The third kappa shape index (κ3) is 5.68. The summed E-state index contributed by atoms with van der Waals surface area (Å²) in [7, 11) is 0. The molecule has 2 saturated carbocycles. The van der Waals surface area contributed by atoms with E-state index in [9.17, 15) is 5.11 Å². The van der Waals surface area contributed by atoms with Crippen molar-refractivity contribution < 1.29 is 19.3 Å². The summed E-state index contributed by atoms with van der Waals surface area (Å²) < 4.78 is 19.2. The highest BCUT2D eigenvalue weighted by Crippen LogP contribution is 2.64. The van der Waals surface area contributed by atoms with Crippen molar-refractivity contribution in [1.82, 2.24) is 4.90 Å². The van der Waals surface area contributed by atoms with Gasteiger partial charge in [-0.15, -0.1) is 0 Å². The van der Waals surface area contributed by atoms with E-state index in [0.29, 0.717) is 43.8 Å². The van der Waals surface area contributed by atoms with Crippen LogP contribution in [-0.4, -0.2) is 66.8 Å². The SMILES string of the molecule is CC1=C2CC3C(CCC4=CC(O)CCC43C)C2CCC2(C1)OC1CC(C)CN(CCOCCOCc3ccccc3)C1C2C. The summed E-state index contributed by atoms with van der Waals surface area (Å²) in [5, 5.41) is 10.4. The van der Waals surface area contributed by atoms with Crippen molar-refractivity contribution in [2.75, 3.05) is 32.9 Å². The highest BCUT2D eigenvalue weighted by atomic mass is 16.5. The van der Waals surface area contributed by atoms with E-state index in [4.69, 9.17) is 14.2 Å². The first-order valence-corrected chi connectivity index (χ1v) is 18.0. The molecule has 0 amide bonds. The fourth-order valence-corrected chi connectivity index (χ4v) is 11.1. The molecule has 0 radical (unpaired) electrons. The van der Waals surface area contributed by atoms with Crippen LogP contribution in [0.25, 0.3) is 0 Å². The zero-order chi connectivity index (χ0) is 30.5. The van der Waals surface area contributed by atoms with Crippen LogP contribution >= 0.6 is 0 Å². The van der Waals surface area contributed by atoms with Gasteiger partial charge < -0.3 is 19.3 Å². The molecule has 5 nitrogen and oxygen atoms in total. The number of allylic oxidation sites excluding steroid dienone is 2. The lowest BCUT2D eigenvalue weighted by atomic mass is 9.56. The van der Waals surface area contributed by atoms with Crippen LogP contribution in [0.3, 0.4) is 0 Å². The summed E-state index contributed by atoms with van der Waals surface area (Å²) >= 11 is 0. The molecule has 242 valence electrons. The van der Waals surface area contributed by atoms with Crippen LogP contribution in [0.15, 0.2) is 53.1 Å². The van der Waals surface area contributed by atoms with Gasteiger partial charge >= 0.3 is 0 Å². The van der Waals surface area contributed by atoms with Crippen molar-refractivity contribution >= 4 is 0 Å². The second kappa shape index (κ2) is 12.6. The zero-order valence-corrected chi connectivity index (χ0v) is 27.8. The van der Waals surface area contributed by atoms with E-state index in [0.717, 1.165) is 56.7 Å². The first kappa shape index (κ1) is 31.1. The molecule has 2 aliphatic heterocycles. The first-order valence-electron chi connectivity index (χ1n) is 18.0. The Morgan fingerprint density at radius 3 is 2.68 bits per heavy atom. The number of benzene rings is 1. The fraction of sp³-hybridized carbons (Fsp3) is 0.744. The number of piperidine rings is 1. The van der Waals surface area contributed by atoms with Crippen molar-refractivity contribution in [3.05, 3.63) is 58.7 Å². The van der Waals surface area contributed by atoms with Crippen molar-refractivity contribution in [1.29, 1.82) is 0 Å². The van der Waals surface area contributed by atoms with Crippen LogP contribution in [0.1, 0.15) is 91.0 Å². The normalized spacial score (nSPS) is 42.0. The van der Waals surface area contributed by atoms with E-state index in [1.54, 1.807) is 16.7 Å². The van der Waals surface area contributed by atoms with Gasteiger partial charge in [-0.25, -0.2) is 0 Å². The molecule has 4 aliphatic carbocycles. The van der Waals surface area contributed by atoms with Gasteiger partial charge in [-0.3, -0.25) is 4.90 Å². The Balaban J connectivity index is 0.986. The van der Waals surface area contributed by atoms with Gasteiger partial charge in [-0.05, 0) is 99.4 Å². The van der Waals surface area contributed by atoms with Crippen molar-refractivity contribution in [2.45, 2.75) is 116 Å². The second-order valence-electron chi connectivity index (χ2n) is 15.8. The van der Waals surface area contributed by atoms with Crippen LogP contribution in [-0.2, 0) is 20.8 Å². The maximum atomic E-state index is 10.4. The topological polar surface area (TPSA) is 51.2 Å². The molecule has 0 bridgehead atoms. The number of hydrogen-bond acceptors (Lipinski definition) is 5. The minimum atomic E-state index is -0.223. The van der Waals surface area contributed by atoms with Gasteiger partial charge in [0.05, 0.1) is 44.2 Å². The number of aliphatic hydroxyl groups excluding tert-OH is 1. The standard InChI is InChI=1S/C39H57NO4/c1-26-20-36-37(40(24-26)16-17-42-18-19-43-25-29-8-6-5-7-9-29)28(3)39(44-36)15-13-32-33-11-10-30-21-31(41)12-14-38(30,4)35(33)22-34(32)27(2)23-39/h5-9,21,26,28,31-33,35-37,41H,10-20,22-25H2,1-4H3. The molecule has 7 rings (SSSR count). The van der Waals surface area contributed by atoms with Crippen LogP contribution in [0.4, 0.5) is 0 Å². The Bertz CT molecular complexity index is 1230. The van der Waals surface area contributed by atoms with Gasteiger partial charge in [0.25, 0.3) is 0 Å². The molecule has 1 N–H and O–H groups in total. The predicted octanol–water partition coefficient (Wildman–Crippen LogP) is 7.34. The Labute approximate surface area is 266 Å². The minimum absolute atomic E-state index is 0.0285. The van der Waals surface area contributed by atoms with Crippen LogP contribution in [0, 0.1) is 35.0 Å². The van der Waals surface area contributed by atoms with E-state index in [1.807, 2.05) is 6.07 Å². The average Bonchev–Trinajstić information content (AvgIpc) is 3.47. The molecule has 10 atom stereocenters. The van der Waals surface area contributed by atoms with Gasteiger partial charge in [0.1, 0.15) is 0 Å². The third-order valence-corrected chi connectivity index (χ3v) is 13.3. The summed E-state index contributed by atoms with van der Waals surface area (Å²) in [6.07, 6.45) is 13.0. The van der Waals surface area contributed by atoms with Crippen molar-refractivity contribution in [2.24, 2.45) is 35.0 Å². The molecule has 10 unspecified atom stereocenters. The second-order valence-corrected chi connectivity index (χ2v) is 15.8. The number of ether oxygens (including phenoxy) is 3. The van der Waals surface area contributed by atoms with Gasteiger partial charge in [-0.1, -0.05) is 73.9 Å². The lowest BCUT2D eigenvalue weighted by Gasteiger charge is -2.49. The molecule has 0 aromatic heterocycles. The highest BCUT2D eigenvalue weighted by Gasteiger charge is 2.59. The Hall–Kier alpha value is -1.50. The summed E-state index contributed by atoms with van der Waals surface area (Å²) in [5.41, 5.74) is 6.48. The van der Waals surface area contributed by atoms with Gasteiger partial charge in [-0.2, -0.15) is 0 Å². The third-order valence-electron chi connectivity index (χ3n) is 13.3. The van der Waals surface area contributed by atoms with Crippen molar-refractivity contribution in [3.8, 4) is 0 Å². The smallest absolute Gasteiger partial charge is 0.0765 e. The molecule has 1 aromatic carbocycles. The Morgan fingerprint density at radius 1 is 1.02 bits per heavy atom. The molecule has 44 heavy (non-hydrogen) atoms. The van der Waals surface area contributed by atoms with E-state index in [2.05, 4.69) is 62.9 Å². The number of likely N-dealkylation sites (tertiary alicyclic amines) is 1. The number of aliphatic hydroxyl groups is 1. The summed E-state index contributed by atoms with van der Waals surface area (Å²) in [6.45, 7) is 14.7. The predicted molar refractivity (Wildman–Crippen MR) is 175 cm³/mol. The fourth-order valence-electron chi connectivity index (χ4n) is 11.1. The monoisotopic (exact) mass is 603 g/mol. The van der Waals surface area contributed by atoms with Gasteiger partial charge in [0, 0.05) is 25.0 Å². The number of rotatable bonds is 8. The van der Waals surface area contributed by atoms with Crippen LogP contribution in [0.2, 0.25) is 0 Å². The van der Waals surface area contributed by atoms with E-state index in [-0.39, 0.29) is 17.1 Å². The highest BCUT2D eigenvalue weighted by molar-refractivity contribution is 5.33. The van der Waals surface area contributed by atoms with Crippen LogP contribution < -0.4 is 0 Å². The average molecular weight is 604 g/mol. The minimum Gasteiger partial charge on any atom is -0.389 e. The molecule has 6 aliphatic rings. The zero-order valence-electron chi connectivity index (χ0n) is 27.8. The summed E-state index contributed by atoms with van der Waals surface area (Å²) in [4.78, 5) is 2.72. The molecule has 2 saturated heterocycles. The van der Waals surface area contributed by atoms with E-state index in [1.165, 1.54) is 44.1 Å². The molecule has 2 heterocycles. The lowest BCUT2D eigenvalue weighted by molar-refractivity contribution is -0.0807. The van der Waals surface area contributed by atoms with E-state index < -0.39 is 0 Å².